The van der Waals surface area contributed by atoms with Crippen molar-refractivity contribution < 1.29 is 17.9 Å². The van der Waals surface area contributed by atoms with Gasteiger partial charge in [-0.2, -0.15) is 9.97 Å². The van der Waals surface area contributed by atoms with Crippen molar-refractivity contribution in [2.24, 2.45) is 0 Å². The van der Waals surface area contributed by atoms with Gasteiger partial charge < -0.3 is 20.1 Å². The van der Waals surface area contributed by atoms with Crippen LogP contribution in [0, 0.1) is 0 Å². The van der Waals surface area contributed by atoms with Crippen LogP contribution in [0.15, 0.2) is 83.6 Å². The molecule has 16 heteroatoms. The lowest BCUT2D eigenvalue weighted by molar-refractivity contribution is -0.0299. The van der Waals surface area contributed by atoms with E-state index in [0.29, 0.717) is 30.1 Å². The molecule has 4 aromatic heterocycles. The number of hydrogen-bond donors (Lipinski definition) is 2. The third-order valence-electron chi connectivity index (χ3n) is 9.35. The van der Waals surface area contributed by atoms with Crippen LogP contribution in [-0.2, 0) is 32.2 Å². The van der Waals surface area contributed by atoms with Crippen LogP contribution in [-0.4, -0.2) is 86.3 Å². The van der Waals surface area contributed by atoms with Gasteiger partial charge in [-0.05, 0) is 68.7 Å². The highest BCUT2D eigenvalue weighted by Gasteiger charge is 2.24. The zero-order chi connectivity index (χ0) is 37.3. The zero-order valence-corrected chi connectivity index (χ0v) is 32.2. The van der Waals surface area contributed by atoms with Crippen molar-refractivity contribution in [2.75, 3.05) is 49.4 Å². The molecular weight excluding hydrogens is 725 g/mol. The van der Waals surface area contributed by atoms with Gasteiger partial charge in [0.2, 0.25) is 9.84 Å². The van der Waals surface area contributed by atoms with Crippen molar-refractivity contribution in [3.63, 3.8) is 0 Å². The van der Waals surface area contributed by atoms with Gasteiger partial charge >= 0.3 is 0 Å². The van der Waals surface area contributed by atoms with Gasteiger partial charge in [-0.15, -0.1) is 0 Å². The van der Waals surface area contributed by atoms with E-state index < -0.39 is 9.84 Å². The summed E-state index contributed by atoms with van der Waals surface area (Å²) in [6.45, 7) is 2.88. The summed E-state index contributed by atoms with van der Waals surface area (Å²) in [6.07, 6.45) is 14.4. The standard InChI is InChI=1S/C19H23N5O3S.C19H23N5OS/c1-28(25,26)19-22-17(20-11-10-14-7-3-2-4-8-14)16-18(23-19)24(13-21-16)15-9-5-6-12-27-15;1-26-19-22-17(20-11-10-14-7-3-2-4-8-14)16-18(23-19)24(13-21-16)15-9-5-6-12-25-15/h2-4,7-8,13,15H,5-6,9-12H2,1H3,(H,20,22,23);2-4,7-8,13,15H,5-6,9-12H2,1H3,(H,20,22,23). The van der Waals surface area contributed by atoms with E-state index in [0.717, 1.165) is 86.5 Å². The third kappa shape index (κ3) is 9.17. The second-order valence-corrected chi connectivity index (χ2v) is 16.0. The molecule has 2 aliphatic rings. The van der Waals surface area contributed by atoms with Crippen molar-refractivity contribution in [3.05, 3.63) is 84.4 Å². The van der Waals surface area contributed by atoms with E-state index in [1.54, 1.807) is 18.1 Å². The van der Waals surface area contributed by atoms with Gasteiger partial charge in [-0.1, -0.05) is 72.4 Å². The van der Waals surface area contributed by atoms with E-state index >= 15 is 0 Å². The maximum absolute atomic E-state index is 12.1. The minimum absolute atomic E-state index is 0.0236. The molecule has 0 aliphatic carbocycles. The monoisotopic (exact) mass is 770 g/mol. The Balaban J connectivity index is 0.000000167. The Labute approximate surface area is 319 Å². The molecule has 0 radical (unpaired) electrons. The SMILES string of the molecule is CS(=O)(=O)c1nc(NCCc2ccccc2)c2ncn(C3CCCCO3)c2n1.CSc1nc(NCCc2ccccc2)c2ncn(C3CCCCO3)c2n1. The van der Waals surface area contributed by atoms with E-state index in [9.17, 15) is 8.42 Å². The molecule has 2 unspecified atom stereocenters. The molecule has 0 spiro atoms. The van der Waals surface area contributed by atoms with Gasteiger partial charge in [-0.25, -0.2) is 28.4 Å². The lowest BCUT2D eigenvalue weighted by atomic mass is 10.1. The third-order valence-corrected chi connectivity index (χ3v) is 10.7. The largest absolute Gasteiger partial charge is 0.368 e. The summed E-state index contributed by atoms with van der Waals surface area (Å²) in [5, 5.41) is 7.22. The number of anilines is 2. The fraction of sp³-hybridized carbons (Fsp3) is 0.421. The molecule has 0 saturated carbocycles. The Morgan fingerprint density at radius 1 is 0.704 bits per heavy atom. The number of nitrogens with zero attached hydrogens (tertiary/aromatic N) is 8. The molecule has 14 nitrogen and oxygen atoms in total. The van der Waals surface area contributed by atoms with E-state index in [1.165, 1.54) is 17.5 Å². The molecule has 0 bridgehead atoms. The van der Waals surface area contributed by atoms with Crippen molar-refractivity contribution in [3.8, 4) is 0 Å². The first-order valence-corrected chi connectivity index (χ1v) is 21.5. The van der Waals surface area contributed by atoms with Crippen molar-refractivity contribution >= 4 is 55.6 Å². The number of ether oxygens (including phenoxy) is 2. The van der Waals surface area contributed by atoms with Crippen LogP contribution in [0.4, 0.5) is 11.6 Å². The minimum atomic E-state index is -3.56. The molecule has 2 saturated heterocycles. The fourth-order valence-corrected chi connectivity index (χ4v) is 7.41. The van der Waals surface area contributed by atoms with Crippen molar-refractivity contribution in [2.45, 2.75) is 74.1 Å². The Hall–Kier alpha value is -4.64. The molecule has 6 aromatic rings. The fourth-order valence-electron chi connectivity index (χ4n) is 6.54. The Morgan fingerprint density at radius 2 is 1.20 bits per heavy atom. The van der Waals surface area contributed by atoms with E-state index in [1.807, 2.05) is 53.5 Å². The number of aromatic nitrogens is 8. The molecule has 0 amide bonds. The first kappa shape index (κ1) is 37.7. The molecular formula is C38H46N10O4S2. The molecule has 6 heterocycles. The van der Waals surface area contributed by atoms with Crippen LogP contribution in [0.2, 0.25) is 0 Å². The predicted molar refractivity (Wildman–Crippen MR) is 210 cm³/mol. The average Bonchev–Trinajstić information content (AvgIpc) is 3.84. The van der Waals surface area contributed by atoms with Crippen LogP contribution in [0.5, 0.6) is 0 Å². The number of fused-ring (bicyclic) bond motifs is 2. The molecule has 284 valence electrons. The van der Waals surface area contributed by atoms with Crippen molar-refractivity contribution in [1.82, 2.24) is 39.0 Å². The summed E-state index contributed by atoms with van der Waals surface area (Å²) in [5.74, 6) is 1.22. The average molecular weight is 771 g/mol. The van der Waals surface area contributed by atoms with E-state index in [-0.39, 0.29) is 17.6 Å². The van der Waals surface area contributed by atoms with Gasteiger partial charge in [0.1, 0.15) is 12.5 Å². The van der Waals surface area contributed by atoms with Crippen LogP contribution in [0.3, 0.4) is 0 Å². The number of sulfone groups is 1. The van der Waals surface area contributed by atoms with Crippen LogP contribution < -0.4 is 10.6 Å². The Bertz CT molecular complexity index is 2240. The highest BCUT2D eigenvalue weighted by atomic mass is 32.2. The maximum Gasteiger partial charge on any atom is 0.250 e. The first-order chi connectivity index (χ1) is 26.4. The minimum Gasteiger partial charge on any atom is -0.368 e. The molecule has 2 atom stereocenters. The van der Waals surface area contributed by atoms with Crippen LogP contribution >= 0.6 is 11.8 Å². The summed E-state index contributed by atoms with van der Waals surface area (Å²) >= 11 is 1.54. The number of nitrogens with one attached hydrogen (secondary N) is 2. The summed E-state index contributed by atoms with van der Waals surface area (Å²) < 4.78 is 39.9. The highest BCUT2D eigenvalue weighted by molar-refractivity contribution is 7.98. The normalized spacial score (nSPS) is 17.6. The number of benzene rings is 2. The number of thioether (sulfide) groups is 1. The molecule has 8 rings (SSSR count). The second kappa shape index (κ2) is 17.7. The smallest absolute Gasteiger partial charge is 0.250 e. The van der Waals surface area contributed by atoms with Crippen LogP contribution in [0.1, 0.15) is 62.1 Å². The van der Waals surface area contributed by atoms with E-state index in [4.69, 9.17) is 9.47 Å². The molecule has 2 N–H and O–H groups in total. The van der Waals surface area contributed by atoms with E-state index in [2.05, 4.69) is 69.4 Å². The number of hydrogen-bond acceptors (Lipinski definition) is 13. The molecule has 54 heavy (non-hydrogen) atoms. The lowest BCUT2D eigenvalue weighted by Crippen LogP contribution is -2.18. The molecule has 2 fully saturated rings. The van der Waals surface area contributed by atoms with Gasteiger partial charge in [0, 0.05) is 32.6 Å². The van der Waals surface area contributed by atoms with Gasteiger partial charge in [0.25, 0.3) is 5.16 Å². The van der Waals surface area contributed by atoms with Crippen molar-refractivity contribution in [1.29, 1.82) is 0 Å². The summed E-state index contributed by atoms with van der Waals surface area (Å²) in [6, 6.07) is 20.5. The second-order valence-electron chi connectivity index (χ2n) is 13.3. The summed E-state index contributed by atoms with van der Waals surface area (Å²) in [7, 11) is -3.56. The zero-order valence-electron chi connectivity index (χ0n) is 30.6. The van der Waals surface area contributed by atoms with Crippen LogP contribution in [0.25, 0.3) is 22.3 Å². The Morgan fingerprint density at radius 3 is 1.67 bits per heavy atom. The first-order valence-electron chi connectivity index (χ1n) is 18.4. The quantitative estimate of drug-likeness (QED) is 0.103. The number of imidazole rings is 2. The van der Waals surface area contributed by atoms with Gasteiger partial charge in [-0.3, -0.25) is 9.13 Å². The lowest BCUT2D eigenvalue weighted by Gasteiger charge is -2.23. The summed E-state index contributed by atoms with van der Waals surface area (Å²) in [4.78, 5) is 26.9. The van der Waals surface area contributed by atoms with Gasteiger partial charge in [0.15, 0.2) is 39.1 Å². The predicted octanol–water partition coefficient (Wildman–Crippen LogP) is 6.49. The number of rotatable bonds is 12. The summed E-state index contributed by atoms with van der Waals surface area (Å²) in [5.41, 5.74) is 5.17. The highest BCUT2D eigenvalue weighted by Crippen LogP contribution is 2.30. The molecule has 2 aromatic carbocycles. The molecule has 2 aliphatic heterocycles. The topological polar surface area (TPSA) is 164 Å². The van der Waals surface area contributed by atoms with Gasteiger partial charge in [0.05, 0.1) is 12.7 Å². The maximum atomic E-state index is 12.1. The Kier molecular flexibility index (Phi) is 12.3.